The summed E-state index contributed by atoms with van der Waals surface area (Å²) in [4.78, 5) is 18.6. The van der Waals surface area contributed by atoms with Crippen molar-refractivity contribution < 1.29 is 4.79 Å². The maximum Gasteiger partial charge on any atom is 0.220 e. The number of hydrogen-bond acceptors (Lipinski definition) is 3. The molecule has 1 atom stereocenters. The molecule has 1 aromatic carbocycles. The third kappa shape index (κ3) is 5.20. The number of amides is 1. The zero-order valence-electron chi connectivity index (χ0n) is 14.3. The van der Waals surface area contributed by atoms with Gasteiger partial charge in [-0.25, -0.2) is 0 Å². The van der Waals surface area contributed by atoms with E-state index in [1.807, 2.05) is 36.7 Å². The van der Waals surface area contributed by atoms with Gasteiger partial charge in [0.15, 0.2) is 0 Å². The van der Waals surface area contributed by atoms with E-state index in [0.29, 0.717) is 23.9 Å². The second-order valence-electron chi connectivity index (χ2n) is 6.57. The van der Waals surface area contributed by atoms with Crippen LogP contribution in [0.15, 0.2) is 48.8 Å². The molecule has 0 spiro atoms. The molecule has 1 amide bonds. The molecule has 0 radical (unpaired) electrons. The molecule has 3 rings (SSSR count). The molecule has 2 heterocycles. The van der Waals surface area contributed by atoms with Crippen LogP contribution in [0, 0.1) is 5.92 Å². The minimum absolute atomic E-state index is 0.0981. The Balaban J connectivity index is 1.43. The van der Waals surface area contributed by atoms with Gasteiger partial charge in [0.1, 0.15) is 0 Å². The SMILES string of the molecule is O=C(CC[C@@H]1CCCN(c2ccncc2)C1)NCc1ccccc1Cl. The molecule has 1 N–H and O–H groups in total. The van der Waals surface area contributed by atoms with E-state index in [9.17, 15) is 4.79 Å². The smallest absolute Gasteiger partial charge is 0.220 e. The minimum Gasteiger partial charge on any atom is -0.371 e. The van der Waals surface area contributed by atoms with Crippen LogP contribution in [-0.4, -0.2) is 24.0 Å². The zero-order valence-corrected chi connectivity index (χ0v) is 15.1. The molecule has 1 aromatic heterocycles. The number of benzene rings is 1. The fourth-order valence-corrected chi connectivity index (χ4v) is 3.55. The maximum absolute atomic E-state index is 12.1. The van der Waals surface area contributed by atoms with Gasteiger partial charge in [0.2, 0.25) is 5.91 Å². The van der Waals surface area contributed by atoms with Crippen LogP contribution in [0.25, 0.3) is 0 Å². The normalized spacial score (nSPS) is 17.3. The van der Waals surface area contributed by atoms with E-state index in [-0.39, 0.29) is 5.91 Å². The average molecular weight is 358 g/mol. The van der Waals surface area contributed by atoms with Crippen LogP contribution in [0.2, 0.25) is 5.02 Å². The molecule has 0 bridgehead atoms. The number of rotatable bonds is 6. The Morgan fingerprint density at radius 1 is 1.24 bits per heavy atom. The van der Waals surface area contributed by atoms with Gasteiger partial charge in [-0.15, -0.1) is 0 Å². The Morgan fingerprint density at radius 3 is 2.84 bits per heavy atom. The number of nitrogens with zero attached hydrogens (tertiary/aromatic N) is 2. The highest BCUT2D eigenvalue weighted by Gasteiger charge is 2.20. The molecule has 0 unspecified atom stereocenters. The van der Waals surface area contributed by atoms with Gasteiger partial charge in [-0.3, -0.25) is 9.78 Å². The van der Waals surface area contributed by atoms with Crippen molar-refractivity contribution in [2.45, 2.75) is 32.2 Å². The molecule has 0 saturated carbocycles. The summed E-state index contributed by atoms with van der Waals surface area (Å²) in [5.41, 5.74) is 2.18. The molecular weight excluding hydrogens is 334 g/mol. The van der Waals surface area contributed by atoms with Gasteiger partial charge in [0, 0.05) is 49.2 Å². The first kappa shape index (κ1) is 17.7. The summed E-state index contributed by atoms with van der Waals surface area (Å²) < 4.78 is 0. The van der Waals surface area contributed by atoms with E-state index in [0.717, 1.165) is 25.1 Å². The van der Waals surface area contributed by atoms with Crippen LogP contribution >= 0.6 is 11.6 Å². The van der Waals surface area contributed by atoms with Gasteiger partial charge >= 0.3 is 0 Å². The monoisotopic (exact) mass is 357 g/mol. The first-order chi connectivity index (χ1) is 12.2. The molecule has 25 heavy (non-hydrogen) atoms. The number of carbonyl (C=O) groups is 1. The van der Waals surface area contributed by atoms with Crippen LogP contribution < -0.4 is 10.2 Å². The number of anilines is 1. The van der Waals surface area contributed by atoms with Crippen LogP contribution in [0.5, 0.6) is 0 Å². The Hall–Kier alpha value is -2.07. The van der Waals surface area contributed by atoms with Gasteiger partial charge < -0.3 is 10.2 Å². The summed E-state index contributed by atoms with van der Waals surface area (Å²) in [5.74, 6) is 0.661. The topological polar surface area (TPSA) is 45.2 Å². The van der Waals surface area contributed by atoms with Gasteiger partial charge in [0.05, 0.1) is 0 Å². The number of aromatic nitrogens is 1. The zero-order chi connectivity index (χ0) is 17.5. The van der Waals surface area contributed by atoms with Crippen molar-refractivity contribution in [3.63, 3.8) is 0 Å². The van der Waals surface area contributed by atoms with Crippen molar-refractivity contribution in [2.75, 3.05) is 18.0 Å². The van der Waals surface area contributed by atoms with Gasteiger partial charge in [0.25, 0.3) is 0 Å². The summed E-state index contributed by atoms with van der Waals surface area (Å²) in [6, 6.07) is 11.7. The summed E-state index contributed by atoms with van der Waals surface area (Å²) in [5, 5.41) is 3.67. The predicted octanol–water partition coefficient (Wildman–Crippen LogP) is 4.05. The van der Waals surface area contributed by atoms with E-state index >= 15 is 0 Å². The number of pyridine rings is 1. The lowest BCUT2D eigenvalue weighted by molar-refractivity contribution is -0.121. The first-order valence-electron chi connectivity index (χ1n) is 8.87. The number of carbonyl (C=O) groups excluding carboxylic acids is 1. The van der Waals surface area contributed by atoms with Crippen molar-refractivity contribution in [2.24, 2.45) is 5.92 Å². The average Bonchev–Trinajstić information content (AvgIpc) is 2.67. The molecule has 132 valence electrons. The lowest BCUT2D eigenvalue weighted by Crippen LogP contribution is -2.36. The third-order valence-electron chi connectivity index (χ3n) is 4.76. The Morgan fingerprint density at radius 2 is 2.04 bits per heavy atom. The van der Waals surface area contributed by atoms with Crippen molar-refractivity contribution in [3.05, 3.63) is 59.4 Å². The van der Waals surface area contributed by atoms with Crippen molar-refractivity contribution in [3.8, 4) is 0 Å². The van der Waals surface area contributed by atoms with E-state index in [2.05, 4.69) is 27.3 Å². The van der Waals surface area contributed by atoms with Crippen LogP contribution in [0.4, 0.5) is 5.69 Å². The fraction of sp³-hybridized carbons (Fsp3) is 0.400. The highest BCUT2D eigenvalue weighted by atomic mass is 35.5. The summed E-state index contributed by atoms with van der Waals surface area (Å²) in [7, 11) is 0. The fourth-order valence-electron chi connectivity index (χ4n) is 3.35. The van der Waals surface area contributed by atoms with Crippen LogP contribution in [0.3, 0.4) is 0 Å². The number of halogens is 1. The summed E-state index contributed by atoms with van der Waals surface area (Å²) in [6.45, 7) is 2.59. The number of hydrogen-bond donors (Lipinski definition) is 1. The molecule has 5 heteroatoms. The lowest BCUT2D eigenvalue weighted by Gasteiger charge is -2.34. The molecule has 0 aliphatic carbocycles. The molecule has 1 aliphatic heterocycles. The largest absolute Gasteiger partial charge is 0.371 e. The van der Waals surface area contributed by atoms with Crippen molar-refractivity contribution in [1.29, 1.82) is 0 Å². The van der Waals surface area contributed by atoms with Crippen LogP contribution in [-0.2, 0) is 11.3 Å². The van der Waals surface area contributed by atoms with Crippen LogP contribution in [0.1, 0.15) is 31.2 Å². The first-order valence-corrected chi connectivity index (χ1v) is 9.25. The molecule has 4 nitrogen and oxygen atoms in total. The highest BCUT2D eigenvalue weighted by Crippen LogP contribution is 2.25. The van der Waals surface area contributed by atoms with E-state index < -0.39 is 0 Å². The second kappa shape index (κ2) is 8.86. The standard InChI is InChI=1S/C20H24ClN3O/c21-19-6-2-1-5-17(19)14-23-20(25)8-7-16-4-3-13-24(15-16)18-9-11-22-12-10-18/h1-2,5-6,9-12,16H,3-4,7-8,13-15H2,(H,23,25)/t16-/m0/s1. The number of nitrogens with one attached hydrogen (secondary N) is 1. The second-order valence-corrected chi connectivity index (χ2v) is 6.97. The Labute approximate surface area is 154 Å². The molecule has 1 aliphatic rings. The molecule has 2 aromatic rings. The van der Waals surface area contributed by atoms with E-state index in [4.69, 9.17) is 11.6 Å². The summed E-state index contributed by atoms with van der Waals surface area (Å²) >= 11 is 6.12. The lowest BCUT2D eigenvalue weighted by atomic mass is 9.93. The molecule has 1 fully saturated rings. The van der Waals surface area contributed by atoms with E-state index in [1.54, 1.807) is 0 Å². The Kier molecular flexibility index (Phi) is 6.29. The quantitative estimate of drug-likeness (QED) is 0.848. The Bertz CT molecular complexity index is 692. The number of piperidine rings is 1. The third-order valence-corrected chi connectivity index (χ3v) is 5.13. The molecular formula is C20H24ClN3O. The summed E-state index contributed by atoms with van der Waals surface area (Å²) in [6.07, 6.45) is 7.53. The van der Waals surface area contributed by atoms with Gasteiger partial charge in [-0.05, 0) is 48.9 Å². The van der Waals surface area contributed by atoms with E-state index in [1.165, 1.54) is 18.5 Å². The maximum atomic E-state index is 12.1. The highest BCUT2D eigenvalue weighted by molar-refractivity contribution is 6.31. The van der Waals surface area contributed by atoms with Crippen molar-refractivity contribution in [1.82, 2.24) is 10.3 Å². The van der Waals surface area contributed by atoms with Crippen molar-refractivity contribution >= 4 is 23.2 Å². The minimum atomic E-state index is 0.0981. The molecule has 1 saturated heterocycles. The van der Waals surface area contributed by atoms with Gasteiger partial charge in [-0.1, -0.05) is 29.8 Å². The predicted molar refractivity (Wildman–Crippen MR) is 102 cm³/mol. The van der Waals surface area contributed by atoms with Gasteiger partial charge in [-0.2, -0.15) is 0 Å².